The maximum atomic E-state index is 14.2. The number of alkyl halides is 3. The Labute approximate surface area is 241 Å². The van der Waals surface area contributed by atoms with Crippen molar-refractivity contribution in [2.24, 2.45) is 10.7 Å². The van der Waals surface area contributed by atoms with Crippen molar-refractivity contribution < 1.29 is 23.4 Å². The van der Waals surface area contributed by atoms with Crippen LogP contribution in [0, 0.1) is 0 Å². The number of aliphatic imine (C=N–C) groups is 1. The molecular formula is C31H42F3N5O2. The highest BCUT2D eigenvalue weighted by Crippen LogP contribution is 2.46. The Bertz CT molecular complexity index is 1260. The van der Waals surface area contributed by atoms with Crippen molar-refractivity contribution in [2.45, 2.75) is 71.1 Å². The van der Waals surface area contributed by atoms with Gasteiger partial charge in [0.25, 0.3) is 0 Å². The average Bonchev–Trinajstić information content (AvgIpc) is 3.11. The van der Waals surface area contributed by atoms with E-state index in [1.165, 1.54) is 18.5 Å². The summed E-state index contributed by atoms with van der Waals surface area (Å²) >= 11 is 0. The van der Waals surface area contributed by atoms with Crippen LogP contribution in [0.2, 0.25) is 0 Å². The number of hydrogen-bond acceptors (Lipinski definition) is 7. The van der Waals surface area contributed by atoms with Crippen LogP contribution in [0.15, 0.2) is 77.1 Å². The van der Waals surface area contributed by atoms with E-state index in [-0.39, 0.29) is 17.0 Å². The fraction of sp³-hybridized carbons (Fsp3) is 0.452. The maximum Gasteiger partial charge on any atom is 0.417 e. The summed E-state index contributed by atoms with van der Waals surface area (Å²) in [5.74, 6) is -0.173. The predicted molar refractivity (Wildman–Crippen MR) is 158 cm³/mol. The molecule has 3 rings (SSSR count). The van der Waals surface area contributed by atoms with E-state index in [0.717, 1.165) is 18.8 Å². The van der Waals surface area contributed by atoms with Gasteiger partial charge in [-0.3, -0.25) is 4.99 Å². The first-order chi connectivity index (χ1) is 19.1. The van der Waals surface area contributed by atoms with Gasteiger partial charge in [-0.2, -0.15) is 13.2 Å². The summed E-state index contributed by atoms with van der Waals surface area (Å²) < 4.78 is 42.6. The third-order valence-corrected chi connectivity index (χ3v) is 7.03. The zero-order valence-electron chi connectivity index (χ0n) is 24.7. The molecule has 1 aromatic heterocycles. The molecule has 7 nitrogen and oxygen atoms in total. The number of hydrogen-bond donors (Lipinski definition) is 3. The normalized spacial score (nSPS) is 15.8. The van der Waals surface area contributed by atoms with Crippen LogP contribution >= 0.6 is 0 Å². The van der Waals surface area contributed by atoms with Gasteiger partial charge in [0.1, 0.15) is 12.1 Å². The molecule has 10 heteroatoms. The van der Waals surface area contributed by atoms with Gasteiger partial charge in [0.05, 0.1) is 0 Å². The quantitative estimate of drug-likeness (QED) is 0.325. The summed E-state index contributed by atoms with van der Waals surface area (Å²) in [6, 6.07) is 4.63. The number of aliphatic hydroxyl groups is 1. The van der Waals surface area contributed by atoms with Crippen LogP contribution in [-0.2, 0) is 5.41 Å². The molecular weight excluding hydrogens is 531 g/mol. The first-order valence-electron chi connectivity index (χ1n) is 13.5. The molecule has 0 aliphatic carbocycles. The molecule has 0 amide bonds. The number of benzene rings is 1. The Morgan fingerprint density at radius 3 is 2.29 bits per heavy atom. The van der Waals surface area contributed by atoms with E-state index in [2.05, 4.69) is 40.8 Å². The van der Waals surface area contributed by atoms with Crippen molar-refractivity contribution in [3.8, 4) is 16.9 Å². The van der Waals surface area contributed by atoms with Gasteiger partial charge >= 0.3 is 6.18 Å². The van der Waals surface area contributed by atoms with E-state index in [0.29, 0.717) is 23.1 Å². The van der Waals surface area contributed by atoms with E-state index in [1.807, 2.05) is 13.0 Å². The summed E-state index contributed by atoms with van der Waals surface area (Å²) in [5.41, 5.74) is 4.50. The first kappa shape index (κ1) is 33.7. The van der Waals surface area contributed by atoms with Gasteiger partial charge in [0.2, 0.25) is 0 Å². The van der Waals surface area contributed by atoms with Crippen LogP contribution in [0.3, 0.4) is 0 Å². The molecule has 0 fully saturated rings. The topological polar surface area (TPSA) is 108 Å². The number of aromatic hydroxyl groups is 1. The van der Waals surface area contributed by atoms with Gasteiger partial charge in [0, 0.05) is 47.6 Å². The van der Waals surface area contributed by atoms with Crippen molar-refractivity contribution in [2.75, 3.05) is 20.1 Å². The monoisotopic (exact) mass is 573 g/mol. The number of aromatic nitrogens is 2. The third kappa shape index (κ3) is 9.82. The number of phenolic OH excluding ortho intramolecular Hbond substituents is 1. The van der Waals surface area contributed by atoms with Crippen LogP contribution in [0.5, 0.6) is 5.75 Å². The lowest BCUT2D eigenvalue weighted by Crippen LogP contribution is -2.50. The number of halogens is 3. The molecule has 0 radical (unpaired) electrons. The Morgan fingerprint density at radius 2 is 1.73 bits per heavy atom. The Hall–Kier alpha value is -3.50. The molecule has 0 saturated heterocycles. The highest BCUT2D eigenvalue weighted by atomic mass is 19.4. The summed E-state index contributed by atoms with van der Waals surface area (Å²) in [5, 5.41) is 21.4. The minimum Gasteiger partial charge on any atom is -0.508 e. The smallest absolute Gasteiger partial charge is 0.417 e. The van der Waals surface area contributed by atoms with E-state index < -0.39 is 30.0 Å². The number of nitrogens with zero attached hydrogens (tertiary/aromatic N) is 4. The van der Waals surface area contributed by atoms with E-state index >= 15 is 0 Å². The third-order valence-electron chi connectivity index (χ3n) is 7.03. The highest BCUT2D eigenvalue weighted by molar-refractivity contribution is 5.74. The molecule has 41 heavy (non-hydrogen) atoms. The van der Waals surface area contributed by atoms with Gasteiger partial charge in [-0.05, 0) is 80.7 Å². The molecule has 0 spiro atoms. The molecule has 0 bridgehead atoms. The van der Waals surface area contributed by atoms with Crippen molar-refractivity contribution in [1.29, 1.82) is 0 Å². The van der Waals surface area contributed by atoms with Crippen molar-refractivity contribution >= 4 is 6.21 Å². The van der Waals surface area contributed by atoms with Crippen molar-refractivity contribution in [3.63, 3.8) is 0 Å². The minimum atomic E-state index is -4.96. The molecule has 1 aliphatic heterocycles. The number of rotatable bonds is 9. The van der Waals surface area contributed by atoms with Crippen LogP contribution in [-0.4, -0.2) is 63.2 Å². The first-order valence-corrected chi connectivity index (χ1v) is 13.5. The van der Waals surface area contributed by atoms with Gasteiger partial charge in [-0.25, -0.2) is 9.97 Å². The standard InChI is InChI=1S/C26H29F3N4O2.C5H13N/c1-17-4-5-18(8-9-33-17)10-21(30)12-25(35,26(27,28)29)15-24(2,3)22-11-19(6-7-23(22)34)20-13-31-16-32-14-20;1-4-6(3)5-2/h4,6-11,13-14,16,34-35H,5,12,15,30H2,1-3H3;4-5H2,1-3H3/b21-10-;. The largest absolute Gasteiger partial charge is 0.508 e. The molecule has 1 atom stereocenters. The summed E-state index contributed by atoms with van der Waals surface area (Å²) in [6.07, 6.45) is 4.98. The van der Waals surface area contributed by atoms with Crippen molar-refractivity contribution in [3.05, 3.63) is 77.7 Å². The Morgan fingerprint density at radius 1 is 1.10 bits per heavy atom. The van der Waals surface area contributed by atoms with Gasteiger partial charge < -0.3 is 20.8 Å². The van der Waals surface area contributed by atoms with E-state index in [1.54, 1.807) is 50.7 Å². The molecule has 224 valence electrons. The fourth-order valence-corrected chi connectivity index (χ4v) is 4.39. The predicted octanol–water partition coefficient (Wildman–Crippen LogP) is 6.31. The fourth-order valence-electron chi connectivity index (χ4n) is 4.39. The summed E-state index contributed by atoms with van der Waals surface area (Å²) in [6.45, 7) is 11.5. The van der Waals surface area contributed by atoms with Crippen molar-refractivity contribution in [1.82, 2.24) is 14.9 Å². The SMILES string of the molecule is CC1=CCC(/C=C(\N)CC(O)(CC(C)(C)c2cc(-c3cncnc3)ccc2O)C(F)(F)F)=CC=N1.CCN(C)CC. The number of phenols is 1. The van der Waals surface area contributed by atoms with Crippen LogP contribution < -0.4 is 5.73 Å². The average molecular weight is 574 g/mol. The molecule has 4 N–H and O–H groups in total. The van der Waals surface area contributed by atoms with E-state index in [9.17, 15) is 23.4 Å². The second-order valence-electron chi connectivity index (χ2n) is 10.9. The van der Waals surface area contributed by atoms with Gasteiger partial charge in [-0.15, -0.1) is 0 Å². The van der Waals surface area contributed by atoms with Gasteiger partial charge in [-0.1, -0.05) is 39.8 Å². The second kappa shape index (κ2) is 14.4. The molecule has 2 aromatic rings. The van der Waals surface area contributed by atoms with Crippen LogP contribution in [0.1, 0.15) is 59.4 Å². The lowest BCUT2D eigenvalue weighted by Gasteiger charge is -2.38. The van der Waals surface area contributed by atoms with Gasteiger partial charge in [0.15, 0.2) is 5.60 Å². The molecule has 1 unspecified atom stereocenters. The minimum absolute atomic E-state index is 0.104. The van der Waals surface area contributed by atoms with Crippen LogP contribution in [0.4, 0.5) is 13.2 Å². The molecule has 2 heterocycles. The van der Waals surface area contributed by atoms with Crippen LogP contribution in [0.25, 0.3) is 11.1 Å². The molecule has 1 aliphatic rings. The highest BCUT2D eigenvalue weighted by Gasteiger charge is 2.56. The lowest BCUT2D eigenvalue weighted by atomic mass is 9.72. The summed E-state index contributed by atoms with van der Waals surface area (Å²) in [4.78, 5) is 14.3. The molecule has 0 saturated carbocycles. The van der Waals surface area contributed by atoms with E-state index in [4.69, 9.17) is 5.73 Å². The molecule has 1 aromatic carbocycles. The summed E-state index contributed by atoms with van der Waals surface area (Å²) in [7, 11) is 2.11. The Kier molecular flexibility index (Phi) is 11.8. The Balaban J connectivity index is 0.000000883. The second-order valence-corrected chi connectivity index (χ2v) is 10.9. The zero-order valence-corrected chi connectivity index (χ0v) is 24.7. The number of allylic oxidation sites excluding steroid dienone is 5. The zero-order chi connectivity index (χ0) is 30.8. The lowest BCUT2D eigenvalue weighted by molar-refractivity contribution is -0.266. The number of nitrogens with two attached hydrogens (primary N) is 1. The maximum absolute atomic E-state index is 14.2.